The molecule has 2 aliphatic heterocycles. The molecule has 1 aliphatic carbocycles. The van der Waals surface area contributed by atoms with Crippen molar-refractivity contribution >= 4 is 69.1 Å². The second-order valence-corrected chi connectivity index (χ2v) is 26.2. The number of nitrogens with one attached hydrogen (secondary N) is 5. The lowest BCUT2D eigenvalue weighted by molar-refractivity contribution is -0.142. The van der Waals surface area contributed by atoms with E-state index in [4.69, 9.17) is 9.84 Å². The van der Waals surface area contributed by atoms with E-state index in [1.807, 2.05) is 42.5 Å². The number of hydrogen-bond donors (Lipinski definition) is 10. The number of carboxylic acid groups (broad SMARTS) is 4. The Hall–Kier alpha value is -8.51. The van der Waals surface area contributed by atoms with Gasteiger partial charge in [-0.15, -0.1) is 0 Å². The fraction of sp³-hybridized carbons (Fsp3) is 0.500. The molecule has 3 aromatic carbocycles. The number of allylic oxidation sites excluding steroid dienone is 6. The highest BCUT2D eigenvalue weighted by Gasteiger charge is 2.43. The third-order valence-corrected chi connectivity index (χ3v) is 17.9. The Kier molecular flexibility index (Phi) is 27.0. The van der Waals surface area contributed by atoms with E-state index in [2.05, 4.69) is 120 Å². The summed E-state index contributed by atoms with van der Waals surface area (Å²) in [7, 11) is -4.25. The van der Waals surface area contributed by atoms with Gasteiger partial charge in [-0.1, -0.05) is 95.2 Å². The maximum atomic E-state index is 13.8. The first-order valence-corrected chi connectivity index (χ1v) is 33.4. The zero-order valence-electron chi connectivity index (χ0n) is 53.3. The minimum absolute atomic E-state index is 0.0116. The van der Waals surface area contributed by atoms with Crippen LogP contribution in [0.25, 0.3) is 0 Å². The van der Waals surface area contributed by atoms with Crippen LogP contribution in [-0.2, 0) is 49.7 Å². The number of urea groups is 1. The van der Waals surface area contributed by atoms with Crippen LogP contribution in [0.1, 0.15) is 172 Å². The number of hydrogen-bond acceptors (Lipinski definition) is 13. The zero-order valence-corrected chi connectivity index (χ0v) is 54.2. The van der Waals surface area contributed by atoms with E-state index in [0.717, 1.165) is 59.7 Å². The number of anilines is 2. The molecule has 10 N–H and O–H groups in total. The summed E-state index contributed by atoms with van der Waals surface area (Å²) in [5, 5.41) is 50.0. The summed E-state index contributed by atoms with van der Waals surface area (Å²) >= 11 is 0. The van der Waals surface area contributed by atoms with E-state index >= 15 is 0 Å². The highest BCUT2D eigenvalue weighted by atomic mass is 32.2. The molecule has 0 spiro atoms. The Morgan fingerprint density at radius 3 is 1.89 bits per heavy atom. The summed E-state index contributed by atoms with van der Waals surface area (Å²) in [6.07, 6.45) is 14.6. The van der Waals surface area contributed by atoms with Gasteiger partial charge in [0.1, 0.15) is 29.6 Å². The Bertz CT molecular complexity index is 3360. The molecule has 2 heterocycles. The van der Waals surface area contributed by atoms with Crippen molar-refractivity contribution in [3.63, 3.8) is 0 Å². The third-order valence-electron chi connectivity index (χ3n) is 17.1. The van der Waals surface area contributed by atoms with Gasteiger partial charge in [-0.05, 0) is 155 Å². The Morgan fingerprint density at radius 2 is 1.26 bits per heavy atom. The number of likely N-dealkylation sites (N-methyl/N-ethyl adjacent to an activating group) is 1. The lowest BCUT2D eigenvalue weighted by Crippen LogP contribution is -2.51. The molecule has 3 aromatic rings. The molecule has 0 fully saturated rings. The topological polar surface area (TPSA) is 348 Å². The van der Waals surface area contributed by atoms with E-state index in [-0.39, 0.29) is 81.4 Å². The van der Waals surface area contributed by atoms with Crippen LogP contribution in [0.3, 0.4) is 0 Å². The molecule has 0 aromatic heterocycles. The number of carbonyl (C=O) groups excluding carboxylic acids is 4. The number of nitrogens with zero attached hydrogens (tertiary/aromatic N) is 2. The van der Waals surface area contributed by atoms with Crippen molar-refractivity contribution in [2.24, 2.45) is 0 Å². The van der Waals surface area contributed by atoms with E-state index in [0.29, 0.717) is 62.7 Å². The van der Waals surface area contributed by atoms with E-state index in [1.54, 1.807) is 6.07 Å². The number of amides is 5. The normalized spacial score (nSPS) is 17.6. The van der Waals surface area contributed by atoms with Crippen LogP contribution in [0.5, 0.6) is 5.75 Å². The molecule has 6 rings (SSSR count). The molecule has 0 saturated carbocycles. The predicted molar refractivity (Wildman–Crippen MR) is 349 cm³/mol. The number of rotatable bonds is 37. The predicted octanol–water partition coefficient (Wildman–Crippen LogP) is 9.30. The summed E-state index contributed by atoms with van der Waals surface area (Å²) < 4.78 is 40.5. The maximum absolute atomic E-state index is 13.8. The quantitative estimate of drug-likeness (QED) is 0.0190. The Morgan fingerprint density at radius 1 is 0.652 bits per heavy atom. The monoisotopic (exact) mass is 1290 g/mol. The number of ether oxygens (including phenoxy) is 1. The van der Waals surface area contributed by atoms with Crippen LogP contribution in [-0.4, -0.2) is 137 Å². The molecule has 92 heavy (non-hydrogen) atoms. The summed E-state index contributed by atoms with van der Waals surface area (Å²) in [5.74, 6) is -5.16. The van der Waals surface area contributed by atoms with Crippen molar-refractivity contribution in [2.75, 3.05) is 41.7 Å². The number of carbonyl (C=O) groups is 8. The second kappa shape index (κ2) is 34.2. The van der Waals surface area contributed by atoms with E-state index in [9.17, 15) is 66.6 Å². The molecule has 5 amide bonds. The van der Waals surface area contributed by atoms with Gasteiger partial charge in [-0.3, -0.25) is 23.7 Å². The van der Waals surface area contributed by atoms with Crippen LogP contribution < -0.4 is 41.1 Å². The first kappa shape index (κ1) is 72.6. The molecule has 24 heteroatoms. The van der Waals surface area contributed by atoms with Gasteiger partial charge in [0.15, 0.2) is 0 Å². The maximum Gasteiger partial charge on any atom is 0.326 e. The molecule has 4 atom stereocenters. The van der Waals surface area contributed by atoms with Crippen LogP contribution in [0.15, 0.2) is 120 Å². The van der Waals surface area contributed by atoms with Gasteiger partial charge < -0.3 is 61.5 Å². The van der Waals surface area contributed by atoms with E-state index in [1.165, 1.54) is 11.3 Å². The van der Waals surface area contributed by atoms with Crippen molar-refractivity contribution in [2.45, 2.75) is 185 Å². The van der Waals surface area contributed by atoms with Gasteiger partial charge in [0.25, 0.3) is 16.0 Å². The molecule has 0 radical (unpaired) electrons. The number of para-hydroxylation sites is 2. The Labute approximate surface area is 538 Å². The average molecular weight is 1290 g/mol. The van der Waals surface area contributed by atoms with Crippen molar-refractivity contribution in [1.29, 1.82) is 0 Å². The summed E-state index contributed by atoms with van der Waals surface area (Å²) in [4.78, 5) is 102. The zero-order chi connectivity index (χ0) is 67.2. The van der Waals surface area contributed by atoms with Gasteiger partial charge in [-0.25, -0.2) is 19.2 Å². The molecule has 3 aliphatic rings. The van der Waals surface area contributed by atoms with Crippen molar-refractivity contribution < 1.29 is 76.5 Å². The number of fused-ring (bicyclic) bond motifs is 2. The van der Waals surface area contributed by atoms with Crippen molar-refractivity contribution in [1.82, 2.24) is 26.6 Å². The molecule has 0 saturated heterocycles. The van der Waals surface area contributed by atoms with Crippen LogP contribution >= 0.6 is 0 Å². The first-order valence-electron chi connectivity index (χ1n) is 31.8. The molecule has 0 bridgehead atoms. The Balaban J connectivity index is 0.974. The number of carboxylic acids is 4. The van der Waals surface area contributed by atoms with Gasteiger partial charge >= 0.3 is 29.9 Å². The third kappa shape index (κ3) is 21.0. The van der Waals surface area contributed by atoms with Crippen LogP contribution in [0.2, 0.25) is 0 Å². The van der Waals surface area contributed by atoms with Gasteiger partial charge in [0.05, 0.1) is 11.8 Å². The molecular formula is C68H91N7O16S. The highest BCUT2D eigenvalue weighted by molar-refractivity contribution is 7.85. The minimum atomic E-state index is -4.25. The highest BCUT2D eigenvalue weighted by Crippen LogP contribution is 2.49. The first-order chi connectivity index (χ1) is 43.7. The molecule has 23 nitrogen and oxygen atoms in total. The molecular weight excluding hydrogens is 1200 g/mol. The number of benzene rings is 3. The average Bonchev–Trinajstić information content (AvgIpc) is 1.60. The fourth-order valence-electron chi connectivity index (χ4n) is 12.1. The molecule has 500 valence electrons. The smallest absolute Gasteiger partial charge is 0.326 e. The lowest BCUT2D eigenvalue weighted by atomic mass is 9.80. The largest absolute Gasteiger partial charge is 0.481 e. The minimum Gasteiger partial charge on any atom is -0.481 e. The number of unbranched alkanes of at least 4 members (excludes halogenated alkanes) is 5. The lowest BCUT2D eigenvalue weighted by Gasteiger charge is -2.32. The van der Waals surface area contributed by atoms with Gasteiger partial charge in [0.2, 0.25) is 11.8 Å². The SMILES string of the molecule is CCN1c2ccccc2C(C)(C)C1/C=C/C1=C(Oc2ccccc2)C(=C/C=C2/N(CCCS(=O)(=O)O)c3ccc(C(=O)NCCCCC(NC(=O)CCCCCCC(=O)NCCCC[C@H](NC(=O)N[C@@H](CCC(=O)O)C(=O)O)C(=O)O)C(=O)O)cc3C2(C)C)/CCC1. The summed E-state index contributed by atoms with van der Waals surface area (Å²) in [6.45, 7) is 12.5. The van der Waals surface area contributed by atoms with Crippen molar-refractivity contribution in [3.05, 3.63) is 136 Å². The standard InChI is InChI=1S/C68H91N7O16S/c1-6-74-54-29-15-14-26-49(54)67(2,3)56(74)37-33-45-22-20-23-46(61(45)91-48-24-10-9-11-25-48)34-38-57-68(4,5)50-44-47(32-36-55(50)75(57)42-21-43-92(88,89)90)62(80)70-41-19-17-27-51(63(81)82)71-59(77)31-13-8-7-12-30-58(76)69-40-18-16-28-52(64(83)84)72-66(87)73-53(65(85)86)35-39-60(78)79/h9-11,14-15,24-26,29,32-34,36-38,44,51-53,56H,6-8,12-13,16-23,27-28,30-31,35,39-43H2,1-5H3,(H,69,76)(H,70,80)(H,71,77)(H,78,79)(H,81,82)(H,83,84)(H,85,86)(H2,72,73,87)(H,88,89,90)/b37-33+,46-34+,57-38+/t51?,52-,53-,56?/m0/s1. The summed E-state index contributed by atoms with van der Waals surface area (Å²) in [5.41, 5.74) is 6.76. The van der Waals surface area contributed by atoms with Gasteiger partial charge in [-0.2, -0.15) is 8.42 Å². The number of aliphatic carboxylic acids is 4. The van der Waals surface area contributed by atoms with Gasteiger partial charge in [0, 0.05) is 78.9 Å². The van der Waals surface area contributed by atoms with Crippen LogP contribution in [0.4, 0.5) is 16.2 Å². The second-order valence-electron chi connectivity index (χ2n) is 24.6. The molecule has 2 unspecified atom stereocenters. The summed E-state index contributed by atoms with van der Waals surface area (Å²) in [6, 6.07) is 18.8. The fourth-order valence-corrected chi connectivity index (χ4v) is 12.6. The van der Waals surface area contributed by atoms with Crippen molar-refractivity contribution in [3.8, 4) is 5.75 Å². The van der Waals surface area contributed by atoms with Crippen LogP contribution in [0, 0.1) is 0 Å². The van der Waals surface area contributed by atoms with E-state index < -0.39 is 81.6 Å².